The van der Waals surface area contributed by atoms with Crippen molar-refractivity contribution in [3.05, 3.63) is 65.9 Å². The zero-order chi connectivity index (χ0) is 19.5. The molecule has 1 N–H and O–H groups in total. The fourth-order valence-corrected chi connectivity index (χ4v) is 3.38. The Morgan fingerprint density at radius 2 is 1.86 bits per heavy atom. The summed E-state index contributed by atoms with van der Waals surface area (Å²) in [4.78, 5) is 15.1. The standard InChI is InChI=1S/C22H24N4O2/c1-16-6-8-18(9-7-16)26-15-20(22(27)25-12-10-23-11-13-25)21(24-26)17-4-3-5-19(14-17)28-2/h3-9,14-15,23H,10-13H2,1-2H3. The summed E-state index contributed by atoms with van der Waals surface area (Å²) in [6.45, 7) is 5.07. The van der Waals surface area contributed by atoms with Crippen molar-refractivity contribution in [3.8, 4) is 22.7 Å². The van der Waals surface area contributed by atoms with Gasteiger partial charge in [-0.25, -0.2) is 4.68 Å². The molecule has 6 nitrogen and oxygen atoms in total. The van der Waals surface area contributed by atoms with Gasteiger partial charge in [0.15, 0.2) is 0 Å². The Morgan fingerprint density at radius 3 is 2.57 bits per heavy atom. The Balaban J connectivity index is 1.79. The third-order valence-corrected chi connectivity index (χ3v) is 4.99. The highest BCUT2D eigenvalue weighted by atomic mass is 16.5. The largest absolute Gasteiger partial charge is 0.497 e. The molecule has 1 fully saturated rings. The predicted octanol–water partition coefficient (Wildman–Crippen LogP) is 2.90. The summed E-state index contributed by atoms with van der Waals surface area (Å²) in [5.41, 5.74) is 4.25. The minimum atomic E-state index is 0.0117. The number of nitrogens with zero attached hydrogens (tertiary/aromatic N) is 3. The Kier molecular flexibility index (Phi) is 5.12. The highest BCUT2D eigenvalue weighted by molar-refractivity contribution is 6.00. The topological polar surface area (TPSA) is 59.4 Å². The predicted molar refractivity (Wildman–Crippen MR) is 109 cm³/mol. The van der Waals surface area contributed by atoms with Gasteiger partial charge in [-0.3, -0.25) is 4.79 Å². The number of aryl methyl sites for hydroxylation is 1. The third-order valence-electron chi connectivity index (χ3n) is 4.99. The number of rotatable bonds is 4. The highest BCUT2D eigenvalue weighted by Gasteiger charge is 2.24. The molecule has 28 heavy (non-hydrogen) atoms. The molecule has 0 unspecified atom stereocenters. The average molecular weight is 376 g/mol. The molecule has 3 aromatic rings. The first-order valence-electron chi connectivity index (χ1n) is 9.47. The number of carbonyl (C=O) groups is 1. The third kappa shape index (κ3) is 3.64. The van der Waals surface area contributed by atoms with Crippen LogP contribution in [-0.4, -0.2) is 53.9 Å². The fourth-order valence-electron chi connectivity index (χ4n) is 3.38. The van der Waals surface area contributed by atoms with E-state index in [-0.39, 0.29) is 5.91 Å². The lowest BCUT2D eigenvalue weighted by molar-refractivity contribution is 0.0736. The maximum atomic E-state index is 13.3. The first-order chi connectivity index (χ1) is 13.7. The Bertz CT molecular complexity index is 972. The van der Waals surface area contributed by atoms with Gasteiger partial charge in [0.2, 0.25) is 0 Å². The lowest BCUT2D eigenvalue weighted by Crippen LogP contribution is -2.46. The molecule has 144 valence electrons. The van der Waals surface area contributed by atoms with Crippen LogP contribution in [0.1, 0.15) is 15.9 Å². The molecule has 0 radical (unpaired) electrons. The highest BCUT2D eigenvalue weighted by Crippen LogP contribution is 2.28. The van der Waals surface area contributed by atoms with Gasteiger partial charge in [-0.05, 0) is 31.2 Å². The van der Waals surface area contributed by atoms with Crippen molar-refractivity contribution in [3.63, 3.8) is 0 Å². The van der Waals surface area contributed by atoms with Crippen LogP contribution in [-0.2, 0) is 0 Å². The second-order valence-corrected chi connectivity index (χ2v) is 6.95. The minimum absolute atomic E-state index is 0.0117. The number of aromatic nitrogens is 2. The van der Waals surface area contributed by atoms with Crippen LogP contribution in [0.15, 0.2) is 54.7 Å². The maximum Gasteiger partial charge on any atom is 0.257 e. The molecule has 0 spiro atoms. The van der Waals surface area contributed by atoms with E-state index in [4.69, 9.17) is 9.84 Å². The zero-order valence-electron chi connectivity index (χ0n) is 16.2. The van der Waals surface area contributed by atoms with Crippen LogP contribution in [0.25, 0.3) is 16.9 Å². The number of hydrogen-bond acceptors (Lipinski definition) is 4. The Morgan fingerprint density at radius 1 is 1.11 bits per heavy atom. The van der Waals surface area contributed by atoms with Gasteiger partial charge in [0.25, 0.3) is 5.91 Å². The number of piperazine rings is 1. The number of amides is 1. The summed E-state index contributed by atoms with van der Waals surface area (Å²) in [6.07, 6.45) is 1.84. The average Bonchev–Trinajstić information content (AvgIpc) is 3.20. The number of ether oxygens (including phenoxy) is 1. The zero-order valence-corrected chi connectivity index (χ0v) is 16.2. The van der Waals surface area contributed by atoms with Gasteiger partial charge in [0.05, 0.1) is 18.4 Å². The van der Waals surface area contributed by atoms with Gasteiger partial charge in [-0.1, -0.05) is 29.8 Å². The summed E-state index contributed by atoms with van der Waals surface area (Å²) in [7, 11) is 1.64. The van der Waals surface area contributed by atoms with Gasteiger partial charge in [-0.2, -0.15) is 5.10 Å². The van der Waals surface area contributed by atoms with E-state index in [1.54, 1.807) is 11.8 Å². The molecule has 1 aliphatic heterocycles. The number of carbonyl (C=O) groups excluding carboxylic acids is 1. The fraction of sp³-hybridized carbons (Fsp3) is 0.273. The molecular weight excluding hydrogens is 352 g/mol. The summed E-state index contributed by atoms with van der Waals surface area (Å²) >= 11 is 0. The Hall–Kier alpha value is -3.12. The van der Waals surface area contributed by atoms with E-state index in [9.17, 15) is 4.79 Å². The lowest BCUT2D eigenvalue weighted by Gasteiger charge is -2.27. The second-order valence-electron chi connectivity index (χ2n) is 6.95. The molecule has 0 saturated carbocycles. The van der Waals surface area contributed by atoms with Crippen molar-refractivity contribution in [1.82, 2.24) is 20.0 Å². The van der Waals surface area contributed by atoms with E-state index < -0.39 is 0 Å². The van der Waals surface area contributed by atoms with Crippen LogP contribution in [0.3, 0.4) is 0 Å². The number of hydrogen-bond donors (Lipinski definition) is 1. The monoisotopic (exact) mass is 376 g/mol. The molecule has 1 amide bonds. The van der Waals surface area contributed by atoms with Crippen molar-refractivity contribution in [2.24, 2.45) is 0 Å². The van der Waals surface area contributed by atoms with E-state index in [1.807, 2.05) is 66.6 Å². The SMILES string of the molecule is COc1cccc(-c2nn(-c3ccc(C)cc3)cc2C(=O)N2CCNCC2)c1. The normalized spacial score (nSPS) is 14.1. The molecule has 0 aliphatic carbocycles. The van der Waals surface area contributed by atoms with Crippen LogP contribution in [0.5, 0.6) is 5.75 Å². The maximum absolute atomic E-state index is 13.3. The van der Waals surface area contributed by atoms with Crippen molar-refractivity contribution in [2.75, 3.05) is 33.3 Å². The van der Waals surface area contributed by atoms with Gasteiger partial charge >= 0.3 is 0 Å². The van der Waals surface area contributed by atoms with Gasteiger partial charge in [0, 0.05) is 37.9 Å². The number of methoxy groups -OCH3 is 1. The summed E-state index contributed by atoms with van der Waals surface area (Å²) in [5, 5.41) is 8.06. The lowest BCUT2D eigenvalue weighted by atomic mass is 10.1. The first-order valence-corrected chi connectivity index (χ1v) is 9.47. The smallest absolute Gasteiger partial charge is 0.257 e. The first kappa shape index (κ1) is 18.3. The number of benzene rings is 2. The van der Waals surface area contributed by atoms with Crippen molar-refractivity contribution in [2.45, 2.75) is 6.92 Å². The van der Waals surface area contributed by atoms with Gasteiger partial charge in [-0.15, -0.1) is 0 Å². The molecule has 0 bridgehead atoms. The van der Waals surface area contributed by atoms with Crippen LogP contribution in [0.4, 0.5) is 0 Å². The van der Waals surface area contributed by atoms with Crippen molar-refractivity contribution in [1.29, 1.82) is 0 Å². The van der Waals surface area contributed by atoms with E-state index in [2.05, 4.69) is 5.32 Å². The summed E-state index contributed by atoms with van der Waals surface area (Å²) in [5.74, 6) is 0.751. The molecule has 4 rings (SSSR count). The molecule has 2 aromatic carbocycles. The van der Waals surface area contributed by atoms with Crippen LogP contribution < -0.4 is 10.1 Å². The molecule has 6 heteroatoms. The number of nitrogens with one attached hydrogen (secondary N) is 1. The molecule has 1 aliphatic rings. The molecule has 1 saturated heterocycles. The van der Waals surface area contributed by atoms with Crippen LogP contribution in [0.2, 0.25) is 0 Å². The van der Waals surface area contributed by atoms with E-state index >= 15 is 0 Å². The van der Waals surface area contributed by atoms with Crippen molar-refractivity contribution < 1.29 is 9.53 Å². The van der Waals surface area contributed by atoms with E-state index in [0.29, 0.717) is 24.3 Å². The second kappa shape index (κ2) is 7.86. The quantitative estimate of drug-likeness (QED) is 0.761. The van der Waals surface area contributed by atoms with Crippen LogP contribution in [0, 0.1) is 6.92 Å². The minimum Gasteiger partial charge on any atom is -0.497 e. The Labute approximate surface area is 164 Å². The van der Waals surface area contributed by atoms with Gasteiger partial charge in [0.1, 0.15) is 11.4 Å². The summed E-state index contributed by atoms with van der Waals surface area (Å²) < 4.78 is 7.14. The van der Waals surface area contributed by atoms with E-state index in [0.717, 1.165) is 30.1 Å². The molecule has 2 heterocycles. The van der Waals surface area contributed by atoms with Crippen LogP contribution >= 0.6 is 0 Å². The van der Waals surface area contributed by atoms with Gasteiger partial charge < -0.3 is 15.0 Å². The molecular formula is C22H24N4O2. The summed E-state index contributed by atoms with van der Waals surface area (Å²) in [6, 6.07) is 15.8. The van der Waals surface area contributed by atoms with E-state index in [1.165, 1.54) is 5.56 Å². The van der Waals surface area contributed by atoms with Crippen molar-refractivity contribution >= 4 is 5.91 Å². The molecule has 0 atom stereocenters. The molecule has 1 aromatic heterocycles.